The van der Waals surface area contributed by atoms with Gasteiger partial charge in [0.2, 0.25) is 5.91 Å². The lowest BCUT2D eigenvalue weighted by molar-refractivity contribution is -0.118. The van der Waals surface area contributed by atoms with E-state index in [9.17, 15) is 4.79 Å². The zero-order valence-corrected chi connectivity index (χ0v) is 6.27. The number of rotatable bonds is 3. The molecule has 48 valence electrons. The zero-order chi connectivity index (χ0) is 7.11. The lowest BCUT2D eigenvalue weighted by Crippen LogP contribution is -2.17. The molecule has 2 nitrogen and oxygen atoms in total. The maximum atomic E-state index is 10.2. The van der Waals surface area contributed by atoms with Gasteiger partial charge >= 0.3 is 0 Å². The third-order valence-corrected chi connectivity index (χ3v) is 1.75. The van der Waals surface area contributed by atoms with Crippen LogP contribution in [0.15, 0.2) is 0 Å². The summed E-state index contributed by atoms with van der Waals surface area (Å²) in [6, 6.07) is 0. The Morgan fingerprint density at radius 1 is 2.00 bits per heavy atom. The summed E-state index contributed by atoms with van der Waals surface area (Å²) < 4.78 is 6.72. The van der Waals surface area contributed by atoms with E-state index in [0.717, 1.165) is 0 Å². The van der Waals surface area contributed by atoms with Crippen molar-refractivity contribution in [2.24, 2.45) is 0 Å². The largest absolute Gasteiger partial charge is 0.346 e. The number of hydrogen-bond donors (Lipinski definition) is 1. The second-order valence-corrected chi connectivity index (χ2v) is 3.29. The third-order valence-electron chi connectivity index (χ3n) is 0.463. The summed E-state index contributed by atoms with van der Waals surface area (Å²) in [4.78, 5) is 10.2. The van der Waals surface area contributed by atoms with Crippen LogP contribution >= 0.6 is 21.6 Å². The topological polar surface area (TPSA) is 29.1 Å². The van der Waals surface area contributed by atoms with Crippen molar-refractivity contribution in [3.8, 4) is 0 Å². The van der Waals surface area contributed by atoms with Gasteiger partial charge in [-0.1, -0.05) is 21.6 Å². The minimum Gasteiger partial charge on any atom is -0.346 e. The molecule has 0 aromatic heterocycles. The van der Waals surface area contributed by atoms with Gasteiger partial charge in [-0.25, -0.2) is 0 Å². The van der Waals surface area contributed by atoms with Crippen LogP contribution in [0, 0.1) is 0 Å². The average molecular weight is 152 g/mol. The van der Waals surface area contributed by atoms with Gasteiger partial charge in [0, 0.05) is 8.29 Å². The van der Waals surface area contributed by atoms with Crippen molar-refractivity contribution in [2.75, 3.05) is 12.1 Å². The molecule has 0 aliphatic rings. The molecule has 0 heterocycles. The molecule has 0 bridgehead atoms. The fraction of sp³-hybridized carbons (Fsp3) is 0.750. The van der Waals surface area contributed by atoms with E-state index >= 15 is 0 Å². The van der Waals surface area contributed by atoms with E-state index < -0.39 is 0 Å². The summed E-state index contributed by atoms with van der Waals surface area (Å²) in [6.07, 6.45) is 0.338. The fourth-order valence-electron chi connectivity index (χ4n) is 0.173. The molecule has 0 unspecified atom stereocenters. The monoisotopic (exact) mass is 152 g/mol. The molecule has 0 atom stereocenters. The van der Waals surface area contributed by atoms with Gasteiger partial charge in [-0.05, 0) is 6.23 Å². The summed E-state index contributed by atoms with van der Waals surface area (Å²) in [5.74, 6) is 0.576. The first-order chi connectivity index (χ1) is 4.27. The molecule has 0 aliphatic heterocycles. The van der Waals surface area contributed by atoms with Gasteiger partial charge in [-0.3, -0.25) is 4.79 Å². The Labute approximate surface area is 58.6 Å². The van der Waals surface area contributed by atoms with E-state index in [-0.39, 0.29) is 5.91 Å². The first kappa shape index (κ1) is 6.29. The minimum absolute atomic E-state index is 0.0203. The number of nitrogens with one attached hydrogen (secondary N) is 1. The van der Waals surface area contributed by atoms with Crippen LogP contribution in [0.1, 0.15) is 8.29 Å². The van der Waals surface area contributed by atoms with E-state index in [2.05, 4.69) is 5.32 Å². The highest BCUT2D eigenvalue weighted by Crippen LogP contribution is 2.13. The van der Waals surface area contributed by atoms with Crippen molar-refractivity contribution in [3.05, 3.63) is 0 Å². The SMILES string of the molecule is [2H]CSSCNC(C)=O. The highest BCUT2D eigenvalue weighted by molar-refractivity contribution is 8.76. The smallest absolute Gasteiger partial charge is 0.217 e. The Kier molecular flexibility index (Phi) is 4.18. The molecule has 0 aromatic rings. The Bertz CT molecular complexity index is 90.6. The van der Waals surface area contributed by atoms with Crippen LogP contribution in [0.25, 0.3) is 0 Å². The van der Waals surface area contributed by atoms with E-state index in [4.69, 9.17) is 1.37 Å². The molecular formula is C4H9NOS2. The van der Waals surface area contributed by atoms with Crippen LogP contribution in [0.3, 0.4) is 0 Å². The molecule has 0 saturated carbocycles. The van der Waals surface area contributed by atoms with Crippen molar-refractivity contribution >= 4 is 27.5 Å². The summed E-state index contributed by atoms with van der Waals surface area (Å²) in [7, 11) is 2.90. The van der Waals surface area contributed by atoms with Gasteiger partial charge in [0.15, 0.2) is 0 Å². The zero-order valence-electron chi connectivity index (χ0n) is 5.64. The molecule has 8 heavy (non-hydrogen) atoms. The first-order valence-electron chi connectivity index (χ1n) is 2.76. The molecule has 0 spiro atoms. The Balaban J connectivity index is 2.83. The van der Waals surface area contributed by atoms with Crippen molar-refractivity contribution in [1.29, 1.82) is 0 Å². The summed E-state index contributed by atoms with van der Waals surface area (Å²) in [6.45, 7) is 1.48. The van der Waals surface area contributed by atoms with Crippen LogP contribution < -0.4 is 5.32 Å². The quantitative estimate of drug-likeness (QED) is 0.373. The second-order valence-electron chi connectivity index (χ2n) is 1.11. The average Bonchev–Trinajstić information content (AvgIpc) is 1.80. The predicted molar refractivity (Wildman–Crippen MR) is 39.8 cm³/mol. The molecule has 0 radical (unpaired) electrons. The minimum atomic E-state index is -0.0203. The first-order valence-corrected chi connectivity index (χ1v) is 4.54. The van der Waals surface area contributed by atoms with Gasteiger partial charge in [0.25, 0.3) is 0 Å². The predicted octanol–water partition coefficient (Wildman–Crippen LogP) is 1.09. The number of amides is 1. The van der Waals surface area contributed by atoms with Crippen molar-refractivity contribution in [3.63, 3.8) is 0 Å². The highest BCUT2D eigenvalue weighted by atomic mass is 33.1. The van der Waals surface area contributed by atoms with E-state index in [1.165, 1.54) is 28.5 Å². The van der Waals surface area contributed by atoms with Crippen molar-refractivity contribution in [2.45, 2.75) is 6.92 Å². The van der Waals surface area contributed by atoms with Gasteiger partial charge in [0.1, 0.15) is 0 Å². The molecule has 1 amide bonds. The van der Waals surface area contributed by atoms with Crippen LogP contribution in [-0.2, 0) is 4.79 Å². The Morgan fingerprint density at radius 2 is 2.75 bits per heavy atom. The van der Waals surface area contributed by atoms with Crippen LogP contribution in [-0.4, -0.2) is 18.0 Å². The van der Waals surface area contributed by atoms with Crippen LogP contribution in [0.4, 0.5) is 0 Å². The van der Waals surface area contributed by atoms with Gasteiger partial charge in [-0.15, -0.1) is 0 Å². The number of carbonyl (C=O) groups excluding carboxylic acids is 1. The molecule has 0 saturated heterocycles. The standard InChI is InChI=1S/C4H9NOS2/c1-4(6)5-3-8-7-2/h3H2,1-2H3,(H,5,6)/i2D. The summed E-state index contributed by atoms with van der Waals surface area (Å²) >= 11 is 0. The maximum absolute atomic E-state index is 10.2. The molecule has 0 rings (SSSR count). The Morgan fingerprint density at radius 3 is 3.25 bits per heavy atom. The maximum Gasteiger partial charge on any atom is 0.217 e. The molecule has 0 fully saturated rings. The van der Waals surface area contributed by atoms with E-state index in [1.807, 2.05) is 0 Å². The third kappa shape index (κ3) is 6.17. The van der Waals surface area contributed by atoms with Crippen molar-refractivity contribution < 1.29 is 6.17 Å². The van der Waals surface area contributed by atoms with Crippen LogP contribution in [0.5, 0.6) is 0 Å². The summed E-state index contributed by atoms with van der Waals surface area (Å²) in [5, 5.41) is 2.60. The lowest BCUT2D eigenvalue weighted by atomic mass is 10.7. The second kappa shape index (κ2) is 5.31. The van der Waals surface area contributed by atoms with Crippen molar-refractivity contribution in [1.82, 2.24) is 5.32 Å². The van der Waals surface area contributed by atoms with Gasteiger partial charge in [-0.2, -0.15) is 0 Å². The number of hydrogen-bond acceptors (Lipinski definition) is 3. The summed E-state index contributed by atoms with van der Waals surface area (Å²) in [5.41, 5.74) is 0. The molecule has 0 aromatic carbocycles. The van der Waals surface area contributed by atoms with E-state index in [0.29, 0.717) is 12.1 Å². The molecule has 0 aliphatic carbocycles. The molecular weight excluding hydrogens is 142 g/mol. The van der Waals surface area contributed by atoms with Gasteiger partial charge in [0.05, 0.1) is 5.88 Å². The fourth-order valence-corrected chi connectivity index (χ4v) is 0.945. The number of carbonyl (C=O) groups is 1. The Hall–Kier alpha value is 0.170. The van der Waals surface area contributed by atoms with Crippen LogP contribution in [0.2, 0.25) is 0 Å². The lowest BCUT2D eigenvalue weighted by Gasteiger charge is -1.95. The molecule has 1 N–H and O–H groups in total. The molecule has 4 heteroatoms. The van der Waals surface area contributed by atoms with Gasteiger partial charge < -0.3 is 5.32 Å². The normalized spacial score (nSPS) is 10.4. The highest BCUT2D eigenvalue weighted by Gasteiger charge is 1.86. The van der Waals surface area contributed by atoms with E-state index in [1.54, 1.807) is 0 Å².